The first-order chi connectivity index (χ1) is 9.99. The first-order valence-corrected chi connectivity index (χ1v) is 7.02. The van der Waals surface area contributed by atoms with Gasteiger partial charge in [0.15, 0.2) is 0 Å². The smallest absolute Gasteiger partial charge is 0.340 e. The van der Waals surface area contributed by atoms with Crippen molar-refractivity contribution in [2.75, 3.05) is 30.8 Å². The molecule has 1 aromatic rings. The van der Waals surface area contributed by atoms with E-state index in [-0.39, 0.29) is 11.9 Å². The Morgan fingerprint density at radius 1 is 1.52 bits per heavy atom. The second-order valence-corrected chi connectivity index (χ2v) is 5.12. The van der Waals surface area contributed by atoms with Crippen molar-refractivity contribution >= 4 is 23.3 Å². The molecule has 3 N–H and O–H groups in total. The third-order valence-corrected chi connectivity index (χ3v) is 3.83. The van der Waals surface area contributed by atoms with E-state index in [2.05, 4.69) is 5.32 Å². The second kappa shape index (κ2) is 6.03. The molecular weight excluding hydrogens is 270 g/mol. The molecule has 1 amide bonds. The molecule has 0 radical (unpaired) electrons. The van der Waals surface area contributed by atoms with Gasteiger partial charge in [-0.2, -0.15) is 0 Å². The zero-order chi connectivity index (χ0) is 15.6. The number of ether oxygens (including phenoxy) is 1. The number of nitrogen functional groups attached to an aromatic ring is 1. The van der Waals surface area contributed by atoms with Crippen LogP contribution in [-0.2, 0) is 9.53 Å². The van der Waals surface area contributed by atoms with Crippen LogP contribution in [0.15, 0.2) is 12.1 Å². The number of nitrogens with one attached hydrogen (secondary N) is 1. The van der Waals surface area contributed by atoms with Crippen LogP contribution in [0, 0.1) is 6.92 Å². The number of piperazine rings is 1. The Morgan fingerprint density at radius 2 is 2.24 bits per heavy atom. The first kappa shape index (κ1) is 15.2. The fraction of sp³-hybridized carbons (Fsp3) is 0.467. The summed E-state index contributed by atoms with van der Waals surface area (Å²) in [7, 11) is 1.33. The minimum absolute atomic E-state index is 0.0119. The predicted octanol–water partition coefficient (Wildman–Crippen LogP) is 1.08. The number of benzene rings is 1. The highest BCUT2D eigenvalue weighted by atomic mass is 16.5. The van der Waals surface area contributed by atoms with Crippen LogP contribution in [0.5, 0.6) is 0 Å². The zero-order valence-corrected chi connectivity index (χ0v) is 12.6. The molecule has 1 aliphatic rings. The molecule has 114 valence electrons. The Bertz CT molecular complexity index is 572. The van der Waals surface area contributed by atoms with Crippen LogP contribution in [0.4, 0.5) is 11.4 Å². The van der Waals surface area contributed by atoms with Crippen LogP contribution in [0.3, 0.4) is 0 Å². The van der Waals surface area contributed by atoms with Crippen LogP contribution in [0.25, 0.3) is 0 Å². The van der Waals surface area contributed by atoms with Crippen molar-refractivity contribution in [2.45, 2.75) is 26.3 Å². The van der Waals surface area contributed by atoms with Crippen molar-refractivity contribution in [1.82, 2.24) is 5.32 Å². The molecule has 1 fully saturated rings. The number of nitrogens with two attached hydrogens (primary N) is 1. The summed E-state index contributed by atoms with van der Waals surface area (Å²) < 4.78 is 4.77. The summed E-state index contributed by atoms with van der Waals surface area (Å²) in [6.45, 7) is 5.10. The molecule has 1 saturated heterocycles. The van der Waals surface area contributed by atoms with Gasteiger partial charge in [-0.25, -0.2) is 4.79 Å². The Morgan fingerprint density at radius 3 is 2.86 bits per heavy atom. The number of esters is 1. The number of aryl methyl sites for hydroxylation is 1. The highest BCUT2D eigenvalue weighted by Gasteiger charge is 2.29. The van der Waals surface area contributed by atoms with Crippen molar-refractivity contribution in [1.29, 1.82) is 0 Å². The largest absolute Gasteiger partial charge is 0.465 e. The highest BCUT2D eigenvalue weighted by molar-refractivity contribution is 5.97. The average Bonchev–Trinajstić information content (AvgIpc) is 2.48. The molecule has 0 aliphatic carbocycles. The molecule has 6 heteroatoms. The van der Waals surface area contributed by atoms with Gasteiger partial charge in [0.05, 0.1) is 12.7 Å². The first-order valence-electron chi connectivity index (χ1n) is 7.02. The van der Waals surface area contributed by atoms with Gasteiger partial charge in [0.1, 0.15) is 6.04 Å². The van der Waals surface area contributed by atoms with Crippen LogP contribution < -0.4 is 16.0 Å². The number of hydrogen-bond donors (Lipinski definition) is 2. The lowest BCUT2D eigenvalue weighted by molar-refractivity contribution is -0.123. The molecule has 2 rings (SSSR count). The summed E-state index contributed by atoms with van der Waals surface area (Å²) in [6, 6.07) is 3.38. The molecule has 1 unspecified atom stereocenters. The second-order valence-electron chi connectivity index (χ2n) is 5.12. The number of methoxy groups -OCH3 is 1. The molecule has 1 aromatic carbocycles. The maximum Gasteiger partial charge on any atom is 0.340 e. The van der Waals surface area contributed by atoms with Gasteiger partial charge >= 0.3 is 5.97 Å². The van der Waals surface area contributed by atoms with E-state index in [4.69, 9.17) is 10.5 Å². The SMILES string of the molecule is CCC1C(=O)NCCN1c1cc(C)c(N)c(C(=O)OC)c1. The molecule has 0 bridgehead atoms. The molecular formula is C15H21N3O3. The van der Waals surface area contributed by atoms with Crippen LogP contribution in [-0.4, -0.2) is 38.1 Å². The minimum atomic E-state index is -0.466. The lowest BCUT2D eigenvalue weighted by atomic mass is 10.0. The number of nitrogens with zero attached hydrogens (tertiary/aromatic N) is 1. The Kier molecular flexibility index (Phi) is 4.35. The van der Waals surface area contributed by atoms with Crippen molar-refractivity contribution in [2.24, 2.45) is 0 Å². The summed E-state index contributed by atoms with van der Waals surface area (Å²) in [5, 5.41) is 2.86. The molecule has 21 heavy (non-hydrogen) atoms. The molecule has 0 aromatic heterocycles. The van der Waals surface area contributed by atoms with E-state index in [0.29, 0.717) is 30.8 Å². The van der Waals surface area contributed by atoms with E-state index in [1.54, 1.807) is 6.07 Å². The fourth-order valence-electron chi connectivity index (χ4n) is 2.65. The van der Waals surface area contributed by atoms with Gasteiger partial charge in [-0.15, -0.1) is 0 Å². The third-order valence-electron chi connectivity index (χ3n) is 3.83. The number of carbonyl (C=O) groups is 2. The maximum absolute atomic E-state index is 12.0. The summed E-state index contributed by atoms with van der Waals surface area (Å²) in [5.74, 6) is -0.454. The monoisotopic (exact) mass is 291 g/mol. The van der Waals surface area contributed by atoms with E-state index in [9.17, 15) is 9.59 Å². The van der Waals surface area contributed by atoms with Gasteiger partial charge in [-0.1, -0.05) is 6.92 Å². The lowest BCUT2D eigenvalue weighted by Crippen LogP contribution is -2.55. The maximum atomic E-state index is 12.0. The number of carbonyl (C=O) groups excluding carboxylic acids is 2. The highest BCUT2D eigenvalue weighted by Crippen LogP contribution is 2.28. The van der Waals surface area contributed by atoms with E-state index in [1.807, 2.05) is 24.8 Å². The van der Waals surface area contributed by atoms with Crippen molar-refractivity contribution < 1.29 is 14.3 Å². The Labute approximate surface area is 124 Å². The third kappa shape index (κ3) is 2.79. The number of amides is 1. The van der Waals surface area contributed by atoms with E-state index in [1.165, 1.54) is 7.11 Å². The van der Waals surface area contributed by atoms with E-state index in [0.717, 1.165) is 11.3 Å². The van der Waals surface area contributed by atoms with Crippen molar-refractivity contribution in [3.8, 4) is 0 Å². The quantitative estimate of drug-likeness (QED) is 0.643. The average molecular weight is 291 g/mol. The van der Waals surface area contributed by atoms with Crippen LogP contribution >= 0.6 is 0 Å². The molecule has 1 heterocycles. The fourth-order valence-corrected chi connectivity index (χ4v) is 2.65. The van der Waals surface area contributed by atoms with Gasteiger partial charge in [-0.05, 0) is 31.0 Å². The number of hydrogen-bond acceptors (Lipinski definition) is 5. The molecule has 0 saturated carbocycles. The lowest BCUT2D eigenvalue weighted by Gasteiger charge is -2.36. The molecule has 1 atom stereocenters. The van der Waals surface area contributed by atoms with Gasteiger partial charge in [0.2, 0.25) is 5.91 Å². The summed E-state index contributed by atoms with van der Waals surface area (Å²) in [5.41, 5.74) is 8.33. The summed E-state index contributed by atoms with van der Waals surface area (Å²) in [6.07, 6.45) is 0.697. The Hall–Kier alpha value is -2.24. The number of rotatable bonds is 3. The zero-order valence-electron chi connectivity index (χ0n) is 12.6. The standard InChI is InChI=1S/C15H21N3O3/c1-4-12-14(19)17-5-6-18(12)10-7-9(2)13(16)11(8-10)15(20)21-3/h7-8,12H,4-6,16H2,1-3H3,(H,17,19). The normalized spacial score (nSPS) is 18.3. The van der Waals surface area contributed by atoms with Crippen LogP contribution in [0.1, 0.15) is 29.3 Å². The Balaban J connectivity index is 2.46. The van der Waals surface area contributed by atoms with Gasteiger partial charge < -0.3 is 20.7 Å². The predicted molar refractivity (Wildman–Crippen MR) is 81.4 cm³/mol. The van der Waals surface area contributed by atoms with Crippen molar-refractivity contribution in [3.63, 3.8) is 0 Å². The van der Waals surface area contributed by atoms with Crippen molar-refractivity contribution in [3.05, 3.63) is 23.3 Å². The molecule has 6 nitrogen and oxygen atoms in total. The summed E-state index contributed by atoms with van der Waals surface area (Å²) in [4.78, 5) is 25.8. The van der Waals surface area contributed by atoms with E-state index >= 15 is 0 Å². The van der Waals surface area contributed by atoms with Gasteiger partial charge in [0, 0.05) is 24.5 Å². The molecule has 1 aliphatic heterocycles. The summed E-state index contributed by atoms with van der Waals surface area (Å²) >= 11 is 0. The minimum Gasteiger partial charge on any atom is -0.465 e. The number of anilines is 2. The topological polar surface area (TPSA) is 84.7 Å². The van der Waals surface area contributed by atoms with Gasteiger partial charge in [0.25, 0.3) is 0 Å². The van der Waals surface area contributed by atoms with Gasteiger partial charge in [-0.3, -0.25) is 4.79 Å². The van der Waals surface area contributed by atoms with E-state index < -0.39 is 5.97 Å². The molecule has 0 spiro atoms. The van der Waals surface area contributed by atoms with Crippen LogP contribution in [0.2, 0.25) is 0 Å².